The first-order valence-electron chi connectivity index (χ1n) is 2.19. The normalized spacial score (nSPS) is 10.5. The van der Waals surface area contributed by atoms with Crippen LogP contribution in [0.2, 0.25) is 0 Å². The zero-order valence-corrected chi connectivity index (χ0v) is 4.24. The van der Waals surface area contributed by atoms with Gasteiger partial charge in [0.15, 0.2) is 0 Å². The first-order valence-corrected chi connectivity index (χ1v) is 2.19. The minimum Gasteiger partial charge on any atom is -0.373 e. The Hall–Kier alpha value is -0.250. The highest BCUT2D eigenvalue weighted by atomic mass is 19.3. The zero-order valence-electron chi connectivity index (χ0n) is 4.24. The van der Waals surface area contributed by atoms with Crippen LogP contribution in [-0.2, 0) is 4.74 Å². The molecule has 0 atom stereocenters. The van der Waals surface area contributed by atoms with Gasteiger partial charge in [0.05, 0.1) is 6.61 Å². The molecule has 0 heterocycles. The number of ether oxygens (including phenoxy) is 1. The molecule has 0 unspecified atom stereocenters. The number of hydrogen-bond donors (Lipinski definition) is 0. The average molecular weight is 128 g/mol. The molecule has 0 aromatic rings. The third-order valence-corrected chi connectivity index (χ3v) is 0.465. The van der Waals surface area contributed by atoms with Crippen molar-refractivity contribution in [1.29, 1.82) is 0 Å². The number of hydrogen-bond acceptors (Lipinski definition) is 1. The molecular formula is C4H7F3O. The first kappa shape index (κ1) is 7.75. The summed E-state index contributed by atoms with van der Waals surface area (Å²) < 4.78 is 37.4. The Labute approximate surface area is 45.4 Å². The second kappa shape index (κ2) is 4.90. The lowest BCUT2D eigenvalue weighted by Crippen LogP contribution is -2.05. The maximum atomic E-state index is 11.1. The van der Waals surface area contributed by atoms with Gasteiger partial charge in [-0.1, -0.05) is 0 Å². The number of alkyl halides is 3. The molecular weight excluding hydrogens is 121 g/mol. The summed E-state index contributed by atoms with van der Waals surface area (Å²) in [5.41, 5.74) is 0. The summed E-state index contributed by atoms with van der Waals surface area (Å²) in [6, 6.07) is 0. The lowest BCUT2D eigenvalue weighted by Gasteiger charge is -1.97. The van der Waals surface area contributed by atoms with Crippen molar-refractivity contribution >= 4 is 0 Å². The Bertz CT molecular complexity index is 48.5. The molecule has 0 aliphatic rings. The van der Waals surface area contributed by atoms with E-state index >= 15 is 0 Å². The van der Waals surface area contributed by atoms with Gasteiger partial charge >= 0.3 is 0 Å². The predicted molar refractivity (Wildman–Crippen MR) is 22.8 cm³/mol. The quantitative estimate of drug-likeness (QED) is 0.517. The van der Waals surface area contributed by atoms with Crippen LogP contribution in [0.4, 0.5) is 13.2 Å². The maximum Gasteiger partial charge on any atom is 0.261 e. The molecule has 0 aromatic carbocycles. The summed E-state index contributed by atoms with van der Waals surface area (Å²) in [5.74, 6) is 0. The SMILES string of the molecule is FCCOCC(F)F. The van der Waals surface area contributed by atoms with E-state index in [1.54, 1.807) is 0 Å². The van der Waals surface area contributed by atoms with Crippen LogP contribution in [0, 0.1) is 0 Å². The van der Waals surface area contributed by atoms with E-state index in [-0.39, 0.29) is 6.61 Å². The number of halogens is 3. The van der Waals surface area contributed by atoms with E-state index in [2.05, 4.69) is 4.74 Å². The van der Waals surface area contributed by atoms with Crippen LogP contribution >= 0.6 is 0 Å². The van der Waals surface area contributed by atoms with E-state index in [0.717, 1.165) is 0 Å². The smallest absolute Gasteiger partial charge is 0.261 e. The van der Waals surface area contributed by atoms with Gasteiger partial charge in [0.1, 0.15) is 13.3 Å². The lowest BCUT2D eigenvalue weighted by molar-refractivity contribution is 0.0132. The Balaban J connectivity index is 2.72. The standard InChI is InChI=1S/C4H7F3O/c5-1-2-8-3-4(6)7/h4H,1-3H2. The molecule has 8 heavy (non-hydrogen) atoms. The fourth-order valence-electron chi connectivity index (χ4n) is 0.227. The minimum atomic E-state index is -2.48. The highest BCUT2D eigenvalue weighted by Crippen LogP contribution is 1.91. The molecule has 0 rings (SSSR count). The molecule has 0 radical (unpaired) electrons. The van der Waals surface area contributed by atoms with Crippen LogP contribution in [-0.4, -0.2) is 26.3 Å². The minimum absolute atomic E-state index is 0.232. The topological polar surface area (TPSA) is 9.23 Å². The van der Waals surface area contributed by atoms with Gasteiger partial charge in [-0.25, -0.2) is 13.2 Å². The van der Waals surface area contributed by atoms with Crippen molar-refractivity contribution in [1.82, 2.24) is 0 Å². The second-order valence-corrected chi connectivity index (χ2v) is 1.15. The van der Waals surface area contributed by atoms with Gasteiger partial charge in [-0.05, 0) is 0 Å². The molecule has 0 aliphatic heterocycles. The summed E-state index contributed by atoms with van der Waals surface area (Å²) in [4.78, 5) is 0. The molecule has 0 aromatic heterocycles. The van der Waals surface area contributed by atoms with Gasteiger partial charge in [0.2, 0.25) is 0 Å². The van der Waals surface area contributed by atoms with Crippen molar-refractivity contribution < 1.29 is 17.9 Å². The van der Waals surface area contributed by atoms with E-state index in [9.17, 15) is 13.2 Å². The van der Waals surface area contributed by atoms with Gasteiger partial charge in [-0.15, -0.1) is 0 Å². The molecule has 0 bridgehead atoms. The van der Waals surface area contributed by atoms with Crippen molar-refractivity contribution in [2.24, 2.45) is 0 Å². The van der Waals surface area contributed by atoms with Crippen LogP contribution in [0.25, 0.3) is 0 Å². The van der Waals surface area contributed by atoms with E-state index < -0.39 is 19.7 Å². The van der Waals surface area contributed by atoms with Crippen molar-refractivity contribution in [3.63, 3.8) is 0 Å². The summed E-state index contributed by atoms with van der Waals surface area (Å²) >= 11 is 0. The maximum absolute atomic E-state index is 11.1. The first-order chi connectivity index (χ1) is 3.77. The largest absolute Gasteiger partial charge is 0.373 e. The summed E-state index contributed by atoms with van der Waals surface area (Å²) in [5, 5.41) is 0. The van der Waals surface area contributed by atoms with Crippen LogP contribution in [0.5, 0.6) is 0 Å². The Morgan fingerprint density at radius 3 is 2.38 bits per heavy atom. The van der Waals surface area contributed by atoms with Crippen molar-refractivity contribution in [2.45, 2.75) is 6.43 Å². The lowest BCUT2D eigenvalue weighted by atomic mass is 10.7. The van der Waals surface area contributed by atoms with E-state index in [1.165, 1.54) is 0 Å². The van der Waals surface area contributed by atoms with E-state index in [0.29, 0.717) is 0 Å². The summed E-state index contributed by atoms with van der Waals surface area (Å²) in [6.07, 6.45) is -2.48. The molecule has 0 saturated carbocycles. The van der Waals surface area contributed by atoms with Gasteiger partial charge in [-0.2, -0.15) is 0 Å². The fraction of sp³-hybridized carbons (Fsp3) is 1.00. The Morgan fingerprint density at radius 1 is 1.38 bits per heavy atom. The van der Waals surface area contributed by atoms with Crippen molar-refractivity contribution in [3.8, 4) is 0 Å². The third-order valence-electron chi connectivity index (χ3n) is 0.465. The molecule has 4 heteroatoms. The molecule has 0 spiro atoms. The predicted octanol–water partition coefficient (Wildman–Crippen LogP) is 1.24. The second-order valence-electron chi connectivity index (χ2n) is 1.15. The zero-order chi connectivity index (χ0) is 6.41. The van der Waals surface area contributed by atoms with Crippen LogP contribution in [0.3, 0.4) is 0 Å². The molecule has 50 valence electrons. The molecule has 0 fully saturated rings. The molecule has 0 amide bonds. The van der Waals surface area contributed by atoms with Crippen LogP contribution in [0.1, 0.15) is 0 Å². The Kier molecular flexibility index (Phi) is 4.75. The van der Waals surface area contributed by atoms with Gasteiger partial charge in [-0.3, -0.25) is 0 Å². The van der Waals surface area contributed by atoms with Crippen molar-refractivity contribution in [3.05, 3.63) is 0 Å². The molecule has 0 N–H and O–H groups in total. The fourth-order valence-corrected chi connectivity index (χ4v) is 0.227. The molecule has 1 nitrogen and oxygen atoms in total. The number of rotatable bonds is 4. The van der Waals surface area contributed by atoms with Gasteiger partial charge in [0, 0.05) is 0 Å². The summed E-state index contributed by atoms with van der Waals surface area (Å²) in [7, 11) is 0. The van der Waals surface area contributed by atoms with Gasteiger partial charge < -0.3 is 4.74 Å². The molecule has 0 aliphatic carbocycles. The Morgan fingerprint density at radius 2 is 2.00 bits per heavy atom. The van der Waals surface area contributed by atoms with Crippen LogP contribution < -0.4 is 0 Å². The third kappa shape index (κ3) is 5.75. The van der Waals surface area contributed by atoms with Crippen LogP contribution in [0.15, 0.2) is 0 Å². The monoisotopic (exact) mass is 128 g/mol. The van der Waals surface area contributed by atoms with Crippen molar-refractivity contribution in [2.75, 3.05) is 19.9 Å². The molecule has 0 saturated heterocycles. The van der Waals surface area contributed by atoms with Gasteiger partial charge in [0.25, 0.3) is 6.43 Å². The summed E-state index contributed by atoms with van der Waals surface area (Å²) in [6.45, 7) is -1.60. The average Bonchev–Trinajstić information content (AvgIpc) is 1.66. The highest BCUT2D eigenvalue weighted by Gasteiger charge is 1.99. The van der Waals surface area contributed by atoms with E-state index in [4.69, 9.17) is 0 Å². The van der Waals surface area contributed by atoms with E-state index in [1.807, 2.05) is 0 Å². The highest BCUT2D eigenvalue weighted by molar-refractivity contribution is 4.32.